The number of nitrogens with zero attached hydrogens (tertiary/aromatic N) is 1. The third kappa shape index (κ3) is 3.95. The predicted molar refractivity (Wildman–Crippen MR) is 105 cm³/mol. The van der Waals surface area contributed by atoms with Crippen LogP contribution in [-0.4, -0.2) is 15.9 Å². The van der Waals surface area contributed by atoms with Crippen molar-refractivity contribution in [2.24, 2.45) is 0 Å². The van der Waals surface area contributed by atoms with Crippen LogP contribution in [0.3, 0.4) is 0 Å². The molecule has 0 bridgehead atoms. The summed E-state index contributed by atoms with van der Waals surface area (Å²) in [6.07, 6.45) is 3.93. The van der Waals surface area contributed by atoms with Crippen LogP contribution < -0.4 is 5.32 Å². The smallest absolute Gasteiger partial charge is 0.228 e. The number of nitrogens with one attached hydrogen (secondary N) is 2. The van der Waals surface area contributed by atoms with Crippen LogP contribution in [-0.2, 0) is 11.2 Å². The van der Waals surface area contributed by atoms with Gasteiger partial charge in [-0.2, -0.15) is 0 Å². The Bertz CT molecular complexity index is 1030. The first kappa shape index (κ1) is 16.4. The van der Waals surface area contributed by atoms with Crippen LogP contribution in [0.25, 0.3) is 10.9 Å². The molecule has 2 N–H and O–H groups in total. The molecule has 0 aliphatic heterocycles. The molecule has 1 amide bonds. The van der Waals surface area contributed by atoms with Gasteiger partial charge in [-0.1, -0.05) is 36.0 Å². The highest BCUT2D eigenvalue weighted by molar-refractivity contribution is 7.99. The van der Waals surface area contributed by atoms with E-state index >= 15 is 0 Å². The summed E-state index contributed by atoms with van der Waals surface area (Å²) < 4.78 is 0. The highest BCUT2D eigenvalue weighted by Crippen LogP contribution is 2.26. The minimum Gasteiger partial charge on any atom is -0.361 e. The lowest BCUT2D eigenvalue weighted by Gasteiger charge is -2.06. The van der Waals surface area contributed by atoms with E-state index in [-0.39, 0.29) is 5.91 Å². The molecule has 4 nitrogen and oxygen atoms in total. The zero-order chi connectivity index (χ0) is 17.8. The molecule has 0 spiro atoms. The number of rotatable bonds is 5. The van der Waals surface area contributed by atoms with Crippen molar-refractivity contribution >= 4 is 34.3 Å². The zero-order valence-corrected chi connectivity index (χ0v) is 14.8. The Hall–Kier alpha value is -3.05. The molecule has 0 saturated heterocycles. The summed E-state index contributed by atoms with van der Waals surface area (Å²) >= 11 is 1.59. The standard InChI is InChI=1S/C21H17N3OS/c25-20(13-15-6-8-19-16(12-15)10-11-22-19)24-17-7-9-21(23-14-17)26-18-4-2-1-3-5-18/h1-12,14,22H,13H2,(H,24,25). The lowest BCUT2D eigenvalue weighted by Crippen LogP contribution is -2.14. The number of aromatic amines is 1. The number of carbonyl (C=O) groups excluding carboxylic acids is 1. The van der Waals surface area contributed by atoms with E-state index < -0.39 is 0 Å². The van der Waals surface area contributed by atoms with Gasteiger partial charge >= 0.3 is 0 Å². The lowest BCUT2D eigenvalue weighted by molar-refractivity contribution is -0.115. The van der Waals surface area contributed by atoms with E-state index in [1.165, 1.54) is 0 Å². The van der Waals surface area contributed by atoms with E-state index in [0.717, 1.165) is 26.4 Å². The number of pyridine rings is 1. The number of amides is 1. The summed E-state index contributed by atoms with van der Waals surface area (Å²) in [6.45, 7) is 0. The number of H-pyrrole nitrogens is 1. The second-order valence-corrected chi connectivity index (χ2v) is 7.02. The Morgan fingerprint density at radius 2 is 1.92 bits per heavy atom. The normalized spacial score (nSPS) is 10.8. The van der Waals surface area contributed by atoms with Crippen molar-refractivity contribution < 1.29 is 4.79 Å². The molecule has 0 saturated carbocycles. The Morgan fingerprint density at radius 1 is 1.04 bits per heavy atom. The maximum absolute atomic E-state index is 12.3. The Balaban J connectivity index is 1.38. The number of carbonyl (C=O) groups is 1. The highest BCUT2D eigenvalue weighted by Gasteiger charge is 2.06. The van der Waals surface area contributed by atoms with Crippen molar-refractivity contribution in [1.29, 1.82) is 0 Å². The second kappa shape index (κ2) is 7.45. The molecule has 0 fully saturated rings. The van der Waals surface area contributed by atoms with Crippen molar-refractivity contribution in [3.8, 4) is 0 Å². The van der Waals surface area contributed by atoms with Crippen LogP contribution in [0.1, 0.15) is 5.56 Å². The van der Waals surface area contributed by atoms with Gasteiger partial charge in [0, 0.05) is 16.6 Å². The number of aromatic nitrogens is 2. The summed E-state index contributed by atoms with van der Waals surface area (Å²) in [4.78, 5) is 21.0. The molecule has 128 valence electrons. The maximum atomic E-state index is 12.3. The van der Waals surface area contributed by atoms with E-state index in [1.807, 2.05) is 72.9 Å². The summed E-state index contributed by atoms with van der Waals surface area (Å²) in [5, 5.41) is 4.91. The van der Waals surface area contributed by atoms with Crippen LogP contribution in [0.2, 0.25) is 0 Å². The van der Waals surface area contributed by atoms with Crippen molar-refractivity contribution in [2.75, 3.05) is 5.32 Å². The molecular weight excluding hydrogens is 342 g/mol. The van der Waals surface area contributed by atoms with E-state index in [2.05, 4.69) is 15.3 Å². The number of anilines is 1. The summed E-state index contributed by atoms with van der Waals surface area (Å²) in [5.74, 6) is -0.0508. The van der Waals surface area contributed by atoms with Crippen molar-refractivity contribution in [2.45, 2.75) is 16.3 Å². The molecule has 2 aromatic heterocycles. The predicted octanol–water partition coefficient (Wildman–Crippen LogP) is 4.90. The molecular formula is C21H17N3OS. The number of hydrogen-bond donors (Lipinski definition) is 2. The lowest BCUT2D eigenvalue weighted by atomic mass is 10.1. The fourth-order valence-corrected chi connectivity index (χ4v) is 3.50. The van der Waals surface area contributed by atoms with Crippen LogP contribution in [0.15, 0.2) is 89.0 Å². The van der Waals surface area contributed by atoms with Crippen molar-refractivity contribution in [3.05, 3.63) is 84.7 Å². The summed E-state index contributed by atoms with van der Waals surface area (Å²) in [5.41, 5.74) is 2.76. The fourth-order valence-electron chi connectivity index (χ4n) is 2.73. The number of hydrogen-bond acceptors (Lipinski definition) is 3. The molecule has 0 unspecified atom stereocenters. The van der Waals surface area contributed by atoms with Gasteiger partial charge in [0.2, 0.25) is 5.91 Å². The average Bonchev–Trinajstić information content (AvgIpc) is 3.12. The van der Waals surface area contributed by atoms with E-state index in [4.69, 9.17) is 0 Å². The van der Waals surface area contributed by atoms with Crippen LogP contribution in [0, 0.1) is 0 Å². The van der Waals surface area contributed by atoms with Gasteiger partial charge in [0.1, 0.15) is 5.03 Å². The van der Waals surface area contributed by atoms with Crippen LogP contribution in [0.5, 0.6) is 0 Å². The molecule has 5 heteroatoms. The Labute approximate surface area is 155 Å². The molecule has 2 aromatic carbocycles. The van der Waals surface area contributed by atoms with Crippen LogP contribution >= 0.6 is 11.8 Å². The highest BCUT2D eigenvalue weighted by atomic mass is 32.2. The third-order valence-corrected chi connectivity index (χ3v) is 4.93. The molecule has 0 aliphatic carbocycles. The third-order valence-electron chi connectivity index (χ3n) is 3.97. The van der Waals surface area contributed by atoms with Gasteiger partial charge in [-0.15, -0.1) is 0 Å². The first-order valence-electron chi connectivity index (χ1n) is 8.31. The largest absolute Gasteiger partial charge is 0.361 e. The maximum Gasteiger partial charge on any atom is 0.228 e. The zero-order valence-electron chi connectivity index (χ0n) is 14.0. The quantitative estimate of drug-likeness (QED) is 0.533. The second-order valence-electron chi connectivity index (χ2n) is 5.92. The molecule has 2 heterocycles. The Kier molecular flexibility index (Phi) is 4.71. The van der Waals surface area contributed by atoms with E-state index in [1.54, 1.807) is 18.0 Å². The molecule has 0 aliphatic rings. The van der Waals surface area contributed by atoms with Gasteiger partial charge in [-0.3, -0.25) is 4.79 Å². The molecule has 4 aromatic rings. The SMILES string of the molecule is O=C(Cc1ccc2[nH]ccc2c1)Nc1ccc(Sc2ccccc2)nc1. The molecule has 26 heavy (non-hydrogen) atoms. The number of benzene rings is 2. The van der Waals surface area contributed by atoms with Crippen molar-refractivity contribution in [1.82, 2.24) is 9.97 Å². The van der Waals surface area contributed by atoms with Crippen LogP contribution in [0.4, 0.5) is 5.69 Å². The molecule has 0 radical (unpaired) electrons. The van der Waals surface area contributed by atoms with Crippen molar-refractivity contribution in [3.63, 3.8) is 0 Å². The van der Waals surface area contributed by atoms with E-state index in [0.29, 0.717) is 12.1 Å². The van der Waals surface area contributed by atoms with Gasteiger partial charge < -0.3 is 10.3 Å². The Morgan fingerprint density at radius 3 is 2.73 bits per heavy atom. The first-order chi connectivity index (χ1) is 12.8. The minimum absolute atomic E-state index is 0.0508. The first-order valence-corrected chi connectivity index (χ1v) is 9.13. The topological polar surface area (TPSA) is 57.8 Å². The minimum atomic E-state index is -0.0508. The number of fused-ring (bicyclic) bond motifs is 1. The summed E-state index contributed by atoms with van der Waals surface area (Å²) in [6, 6.07) is 21.9. The van der Waals surface area contributed by atoms with Gasteiger partial charge in [-0.05, 0) is 53.4 Å². The fraction of sp³-hybridized carbons (Fsp3) is 0.0476. The van der Waals surface area contributed by atoms with E-state index in [9.17, 15) is 4.79 Å². The average molecular weight is 359 g/mol. The van der Waals surface area contributed by atoms with Gasteiger partial charge in [0.15, 0.2) is 0 Å². The summed E-state index contributed by atoms with van der Waals surface area (Å²) in [7, 11) is 0. The molecule has 0 atom stereocenters. The monoisotopic (exact) mass is 359 g/mol. The molecule has 4 rings (SSSR count). The van der Waals surface area contributed by atoms with Gasteiger partial charge in [-0.25, -0.2) is 4.98 Å². The van der Waals surface area contributed by atoms with Gasteiger partial charge in [0.25, 0.3) is 0 Å². The van der Waals surface area contributed by atoms with Gasteiger partial charge in [0.05, 0.1) is 18.3 Å².